The molecule has 0 bridgehead atoms. The summed E-state index contributed by atoms with van der Waals surface area (Å²) < 4.78 is 0. The molecule has 0 saturated carbocycles. The summed E-state index contributed by atoms with van der Waals surface area (Å²) in [5, 5.41) is 8.42. The Kier molecular flexibility index (Phi) is 28.0. The van der Waals surface area contributed by atoms with Gasteiger partial charge < -0.3 is 5.11 Å². The van der Waals surface area contributed by atoms with Crippen LogP contribution >= 0.6 is 12.4 Å². The highest BCUT2D eigenvalue weighted by Crippen LogP contribution is 2.03. The average Bonchev–Trinajstić information content (AvgIpc) is 1.89. The lowest BCUT2D eigenvalue weighted by Crippen LogP contribution is -1.82. The molecule has 0 unspecified atom stereocenters. The third-order valence-electron chi connectivity index (χ3n) is 1.51. The molecule has 68 valence electrons. The lowest BCUT2D eigenvalue weighted by molar-refractivity contribution is 0.282. The summed E-state index contributed by atoms with van der Waals surface area (Å²) in [6.45, 7) is 2.58. The van der Waals surface area contributed by atoms with Gasteiger partial charge in [-0.15, -0.1) is 12.4 Å². The zero-order chi connectivity index (χ0) is 6.95. The predicted octanol–water partition coefficient (Wildman–Crippen LogP) is 1.84. The van der Waals surface area contributed by atoms with Crippen molar-refractivity contribution in [3.05, 3.63) is 0 Å². The second kappa shape index (κ2) is 17.2. The molecule has 0 fully saturated rings. The Balaban J connectivity index is -0.000000320. The summed E-state index contributed by atoms with van der Waals surface area (Å²) in [5.41, 5.74) is 0. The lowest BCUT2D eigenvalue weighted by atomic mass is 10.1. The highest BCUT2D eigenvalue weighted by atomic mass is 35.5. The number of halogens is 1. The van der Waals surface area contributed by atoms with Crippen molar-refractivity contribution in [1.82, 2.24) is 0 Å². The number of aliphatic hydroxyl groups is 1. The second-order valence-electron chi connectivity index (χ2n) is 2.49. The Hall–Kier alpha value is 1.02. The lowest BCUT2D eigenvalue weighted by Gasteiger charge is -1.95. The molecular weight excluding hydrogens is 172 g/mol. The van der Waals surface area contributed by atoms with Crippen LogP contribution in [-0.4, -0.2) is 34.8 Å². The van der Waals surface area contributed by atoms with Gasteiger partial charge in [0.1, 0.15) is 0 Å². The highest BCUT2D eigenvalue weighted by molar-refractivity contribution is 5.85. The Morgan fingerprint density at radius 2 is 1.36 bits per heavy atom. The van der Waals surface area contributed by atoms with Crippen LogP contribution in [0.4, 0.5) is 0 Å². The largest absolute Gasteiger partial charge is 0.396 e. The predicted molar refractivity (Wildman–Crippen MR) is 56.3 cm³/mol. The first-order chi connectivity index (χ1) is 4.41. The summed E-state index contributed by atoms with van der Waals surface area (Å²) in [6, 6.07) is 0. The summed E-state index contributed by atoms with van der Waals surface area (Å²) >= 11 is 0. The number of hydrogen-bond acceptors (Lipinski definition) is 1. The van der Waals surface area contributed by atoms with Gasteiger partial charge in [0.2, 0.25) is 0 Å². The normalized spacial score (nSPS) is 8.18. The van der Waals surface area contributed by atoms with E-state index in [1.165, 1.54) is 32.1 Å². The van der Waals surface area contributed by atoms with Gasteiger partial charge in [-0.1, -0.05) is 39.0 Å². The maximum atomic E-state index is 8.42. The topological polar surface area (TPSA) is 20.2 Å². The molecule has 1 N–H and O–H groups in total. The van der Waals surface area contributed by atoms with Gasteiger partial charge in [-0.3, -0.25) is 0 Å². The summed E-state index contributed by atoms with van der Waals surface area (Å²) in [7, 11) is 0. The molecule has 1 nitrogen and oxygen atoms in total. The minimum Gasteiger partial charge on any atom is -0.396 e. The molecule has 0 saturated heterocycles. The van der Waals surface area contributed by atoms with Crippen LogP contribution in [0.2, 0.25) is 0 Å². The monoisotopic (exact) mass is 192 g/mol. The molecule has 0 spiro atoms. The van der Waals surface area contributed by atoms with Crippen molar-refractivity contribution in [3.8, 4) is 0 Å². The van der Waals surface area contributed by atoms with Crippen LogP contribution in [-0.2, 0) is 0 Å². The molecule has 0 radical (unpaired) electrons. The first-order valence-corrected chi connectivity index (χ1v) is 4.02. The summed E-state index contributed by atoms with van der Waals surface area (Å²) in [6.07, 6.45) is 7.50. The summed E-state index contributed by atoms with van der Waals surface area (Å²) in [5.74, 6) is 0. The van der Waals surface area contributed by atoms with Gasteiger partial charge in [-0.25, -0.2) is 0 Å². The molecule has 0 aliphatic heterocycles. The second-order valence-corrected chi connectivity index (χ2v) is 2.49. The third-order valence-corrected chi connectivity index (χ3v) is 1.51. The fraction of sp³-hybridized carbons (Fsp3) is 1.00. The standard InChI is InChI=1S/C8H18O.ClH.Mg.2H/c1-2-3-4-5-6-7-8-9;;;;/h9H,2-8H2,1H3;1H;;;. The van der Waals surface area contributed by atoms with E-state index in [9.17, 15) is 0 Å². The molecular formula is C8H21ClMgO. The van der Waals surface area contributed by atoms with E-state index in [0.717, 1.165) is 6.42 Å². The van der Waals surface area contributed by atoms with Gasteiger partial charge in [0.05, 0.1) is 0 Å². The number of hydrogen-bond donors (Lipinski definition) is 1. The smallest absolute Gasteiger partial charge is 0.316 e. The minimum absolute atomic E-state index is 0. The van der Waals surface area contributed by atoms with Crippen LogP contribution in [0, 0.1) is 0 Å². The zero-order valence-corrected chi connectivity index (χ0v) is 7.62. The van der Waals surface area contributed by atoms with Crippen LogP contribution in [0.15, 0.2) is 0 Å². The molecule has 0 aliphatic carbocycles. The molecule has 3 heteroatoms. The van der Waals surface area contributed by atoms with E-state index in [0.29, 0.717) is 6.61 Å². The van der Waals surface area contributed by atoms with Crippen LogP contribution < -0.4 is 0 Å². The highest BCUT2D eigenvalue weighted by Gasteiger charge is 1.86. The van der Waals surface area contributed by atoms with E-state index >= 15 is 0 Å². The maximum Gasteiger partial charge on any atom is 0.316 e. The Bertz CT molecular complexity index is 47.4. The number of unbranched alkanes of at least 4 members (excludes halogenated alkanes) is 5. The molecule has 0 atom stereocenters. The van der Waals surface area contributed by atoms with Crippen molar-refractivity contribution in [2.24, 2.45) is 0 Å². The fourth-order valence-electron chi connectivity index (χ4n) is 0.892. The fourth-order valence-corrected chi connectivity index (χ4v) is 0.892. The van der Waals surface area contributed by atoms with Crippen molar-refractivity contribution < 1.29 is 5.11 Å². The minimum atomic E-state index is 0. The number of aliphatic hydroxyl groups excluding tert-OH is 1. The molecule has 0 aromatic heterocycles. The van der Waals surface area contributed by atoms with Crippen molar-refractivity contribution in [3.63, 3.8) is 0 Å². The quantitative estimate of drug-likeness (QED) is 0.504. The van der Waals surface area contributed by atoms with Gasteiger partial charge in [0.15, 0.2) is 0 Å². The van der Waals surface area contributed by atoms with E-state index < -0.39 is 0 Å². The Labute approximate surface area is 92.5 Å². The molecule has 0 aromatic carbocycles. The van der Waals surface area contributed by atoms with E-state index in [1.807, 2.05) is 0 Å². The molecule has 0 aliphatic rings. The van der Waals surface area contributed by atoms with E-state index in [4.69, 9.17) is 5.11 Å². The summed E-state index contributed by atoms with van der Waals surface area (Å²) in [4.78, 5) is 0. The van der Waals surface area contributed by atoms with E-state index in [1.54, 1.807) is 0 Å². The van der Waals surface area contributed by atoms with Gasteiger partial charge in [0, 0.05) is 6.61 Å². The van der Waals surface area contributed by atoms with Crippen LogP contribution in [0.1, 0.15) is 45.4 Å². The molecule has 0 heterocycles. The van der Waals surface area contributed by atoms with E-state index in [2.05, 4.69) is 6.92 Å². The van der Waals surface area contributed by atoms with Crippen LogP contribution in [0.3, 0.4) is 0 Å². The first kappa shape index (κ1) is 17.9. The van der Waals surface area contributed by atoms with Gasteiger partial charge in [0.25, 0.3) is 0 Å². The van der Waals surface area contributed by atoms with Gasteiger partial charge >= 0.3 is 23.1 Å². The Morgan fingerprint density at radius 1 is 0.909 bits per heavy atom. The van der Waals surface area contributed by atoms with Crippen molar-refractivity contribution >= 4 is 35.5 Å². The van der Waals surface area contributed by atoms with Crippen molar-refractivity contribution in [2.75, 3.05) is 6.61 Å². The molecule has 0 rings (SSSR count). The van der Waals surface area contributed by atoms with E-state index in [-0.39, 0.29) is 35.5 Å². The molecule has 0 aromatic rings. The van der Waals surface area contributed by atoms with Crippen LogP contribution in [0.5, 0.6) is 0 Å². The third kappa shape index (κ3) is 18.2. The SMILES string of the molecule is CCCCCCCCO.Cl.[MgH2]. The Morgan fingerprint density at radius 3 is 1.82 bits per heavy atom. The molecule has 11 heavy (non-hydrogen) atoms. The molecule has 0 amide bonds. The zero-order valence-electron chi connectivity index (χ0n) is 6.81. The van der Waals surface area contributed by atoms with Crippen LogP contribution in [0.25, 0.3) is 0 Å². The first-order valence-electron chi connectivity index (χ1n) is 4.02. The maximum absolute atomic E-state index is 8.42. The van der Waals surface area contributed by atoms with Crippen molar-refractivity contribution in [1.29, 1.82) is 0 Å². The number of rotatable bonds is 6. The van der Waals surface area contributed by atoms with Gasteiger partial charge in [-0.2, -0.15) is 0 Å². The van der Waals surface area contributed by atoms with Crippen molar-refractivity contribution in [2.45, 2.75) is 45.4 Å². The van der Waals surface area contributed by atoms with Gasteiger partial charge in [-0.05, 0) is 6.42 Å². The average molecular weight is 193 g/mol.